The van der Waals surface area contributed by atoms with Gasteiger partial charge in [0.2, 0.25) is 11.6 Å². The van der Waals surface area contributed by atoms with Crippen molar-refractivity contribution in [2.24, 2.45) is 11.8 Å². The van der Waals surface area contributed by atoms with Crippen molar-refractivity contribution in [3.8, 4) is 17.4 Å². The lowest BCUT2D eigenvalue weighted by molar-refractivity contribution is -0.138. The fourth-order valence-electron chi connectivity index (χ4n) is 9.79. The van der Waals surface area contributed by atoms with E-state index >= 15 is 9.59 Å². The van der Waals surface area contributed by atoms with E-state index in [0.717, 1.165) is 48.2 Å². The average Bonchev–Trinajstić information content (AvgIpc) is 3.90. The molecule has 1 aliphatic heterocycles. The summed E-state index contributed by atoms with van der Waals surface area (Å²) in [5, 5.41) is 20.3. The molecule has 1 saturated heterocycles. The molecule has 4 aromatic rings. The minimum absolute atomic E-state index is 0.00470. The number of hydrogen-bond donors (Lipinski definition) is 2. The summed E-state index contributed by atoms with van der Waals surface area (Å²) in [6, 6.07) is 20.9. The summed E-state index contributed by atoms with van der Waals surface area (Å²) < 4.78 is 32.6. The second-order valence-electron chi connectivity index (χ2n) is 18.3. The Kier molecular flexibility index (Phi) is 11.7. The molecular weight excluding hydrogens is 787 g/mol. The van der Waals surface area contributed by atoms with E-state index in [1.165, 1.54) is 0 Å². The molecule has 0 bridgehead atoms. The van der Waals surface area contributed by atoms with Gasteiger partial charge < -0.3 is 33.6 Å². The molecule has 0 radical (unpaired) electrons. The van der Waals surface area contributed by atoms with Gasteiger partial charge in [0.05, 0.1) is 18.7 Å². The first-order chi connectivity index (χ1) is 29.2. The number of hydrogen-bond acceptors (Lipinski definition) is 11. The molecule has 11 nitrogen and oxygen atoms in total. The lowest BCUT2D eigenvalue weighted by atomic mass is 9.57. The number of nitrogens with one attached hydrogen (secondary N) is 1. The predicted octanol–water partition coefficient (Wildman–Crippen LogP) is 9.50. The highest BCUT2D eigenvalue weighted by molar-refractivity contribution is 6.74. The fraction of sp³-hybridized carbons (Fsp3) is 0.449. The summed E-state index contributed by atoms with van der Waals surface area (Å²) in [5.74, 6) is -1.10. The van der Waals surface area contributed by atoms with E-state index in [-0.39, 0.29) is 47.1 Å². The summed E-state index contributed by atoms with van der Waals surface area (Å²) in [6.45, 7) is 19.1. The molecule has 1 aromatic heterocycles. The maximum absolute atomic E-state index is 16.0. The number of ether oxygens (including phenoxy) is 3. The highest BCUT2D eigenvalue weighted by Crippen LogP contribution is 2.59. The van der Waals surface area contributed by atoms with Gasteiger partial charge in [-0.2, -0.15) is 0 Å². The van der Waals surface area contributed by atoms with E-state index in [2.05, 4.69) is 49.6 Å². The molecule has 3 aromatic carbocycles. The van der Waals surface area contributed by atoms with Gasteiger partial charge >= 0.3 is 0 Å². The number of rotatable bonds is 14. The smallest absolute Gasteiger partial charge is 0.265 e. The highest BCUT2D eigenvalue weighted by atomic mass is 28.4. The third kappa shape index (κ3) is 7.34. The van der Waals surface area contributed by atoms with E-state index in [9.17, 15) is 5.11 Å². The summed E-state index contributed by atoms with van der Waals surface area (Å²) in [5.41, 5.74) is 2.25. The largest absolute Gasteiger partial charge is 0.507 e. The van der Waals surface area contributed by atoms with Gasteiger partial charge in [-0.1, -0.05) is 94.4 Å². The van der Waals surface area contributed by atoms with Crippen LogP contribution in [-0.2, 0) is 28.9 Å². The number of aliphatic hydroxyl groups excluding tert-OH is 1. The molecule has 61 heavy (non-hydrogen) atoms. The Morgan fingerprint density at radius 2 is 1.69 bits per heavy atom. The molecule has 0 spiro atoms. The topological polar surface area (TPSA) is 133 Å². The quantitative estimate of drug-likeness (QED) is 0.0715. The summed E-state index contributed by atoms with van der Waals surface area (Å²) >= 11 is 0. The van der Waals surface area contributed by atoms with Crippen LogP contribution in [0.1, 0.15) is 103 Å². The number of carbonyl (C=O) groups is 2. The predicted molar refractivity (Wildman–Crippen MR) is 236 cm³/mol. The van der Waals surface area contributed by atoms with E-state index in [0.29, 0.717) is 42.2 Å². The lowest BCUT2D eigenvalue weighted by Gasteiger charge is -2.54. The number of ketones is 2. The van der Waals surface area contributed by atoms with Crippen LogP contribution in [0.25, 0.3) is 5.76 Å². The molecule has 2 fully saturated rings. The molecule has 1 saturated carbocycles. The van der Waals surface area contributed by atoms with E-state index in [1.807, 2.05) is 79.8 Å². The third-order valence-corrected chi connectivity index (χ3v) is 18.2. The molecule has 5 atom stereocenters. The van der Waals surface area contributed by atoms with Gasteiger partial charge in [-0.15, -0.1) is 6.58 Å². The fourth-order valence-corrected chi connectivity index (χ4v) is 11.2. The van der Waals surface area contributed by atoms with Crippen molar-refractivity contribution in [3.05, 3.63) is 124 Å². The van der Waals surface area contributed by atoms with Crippen LogP contribution in [0.5, 0.6) is 17.4 Å². The first-order valence-electron chi connectivity index (χ1n) is 21.6. The van der Waals surface area contributed by atoms with Gasteiger partial charge in [-0.05, 0) is 85.2 Å². The van der Waals surface area contributed by atoms with Gasteiger partial charge in [-0.3, -0.25) is 14.5 Å². The Bertz CT molecular complexity index is 2330. The molecule has 0 unspecified atom stereocenters. The van der Waals surface area contributed by atoms with Crippen molar-refractivity contribution in [1.82, 2.24) is 15.4 Å². The normalized spacial score (nSPS) is 23.9. The molecule has 2 N–H and O–H groups in total. The maximum Gasteiger partial charge on any atom is 0.265 e. The molecule has 4 aliphatic rings. The highest BCUT2D eigenvalue weighted by Gasteiger charge is 2.68. The SMILES string of the molecule is C=CCN[C@@H]1c2onc(OCc3ccccc3)c2C(=O)[C@@]2(O[Si](C)(C)C(C)(C)C)C(=O)C3=C(O)c4c(OCc5ccccc5)cc([C@@H]5CCCN5CC)c(OC)c4C[C@H]3C[C@@H]12. The number of likely N-dealkylation sites (tertiary alicyclic amines) is 1. The van der Waals surface area contributed by atoms with E-state index < -0.39 is 43.4 Å². The van der Waals surface area contributed by atoms with Crippen molar-refractivity contribution in [3.63, 3.8) is 0 Å². The van der Waals surface area contributed by atoms with Crippen LogP contribution in [0, 0.1) is 11.8 Å². The molecule has 3 aliphatic carbocycles. The van der Waals surface area contributed by atoms with Crippen LogP contribution in [0.4, 0.5) is 0 Å². The zero-order chi connectivity index (χ0) is 43.3. The van der Waals surface area contributed by atoms with Crippen LogP contribution in [-0.4, -0.2) is 67.4 Å². The summed E-state index contributed by atoms with van der Waals surface area (Å²) in [4.78, 5) is 34.2. The van der Waals surface area contributed by atoms with Gasteiger partial charge in [0.1, 0.15) is 36.0 Å². The van der Waals surface area contributed by atoms with Crippen molar-refractivity contribution < 1.29 is 37.9 Å². The number of aromatic nitrogens is 1. The monoisotopic (exact) mass is 845 g/mol. The van der Waals surface area contributed by atoms with Crippen LogP contribution in [0.3, 0.4) is 0 Å². The molecule has 0 amide bonds. The number of benzene rings is 3. The first kappa shape index (κ1) is 42.7. The zero-order valence-electron chi connectivity index (χ0n) is 36.5. The molecule has 322 valence electrons. The van der Waals surface area contributed by atoms with Gasteiger partial charge in [-0.25, -0.2) is 0 Å². The second kappa shape index (κ2) is 16.7. The van der Waals surface area contributed by atoms with Crippen LogP contribution >= 0.6 is 0 Å². The molecule has 8 rings (SSSR count). The van der Waals surface area contributed by atoms with Crippen molar-refractivity contribution in [2.45, 2.75) is 102 Å². The van der Waals surface area contributed by atoms with Crippen molar-refractivity contribution >= 4 is 25.6 Å². The number of carbonyl (C=O) groups excluding carboxylic acids is 2. The van der Waals surface area contributed by atoms with Crippen LogP contribution in [0.15, 0.2) is 89.5 Å². The molecular formula is C49H59N3O8Si. The summed E-state index contributed by atoms with van der Waals surface area (Å²) in [7, 11) is -1.26. The number of fused-ring (bicyclic) bond motifs is 4. The Hall–Kier alpha value is -5.01. The summed E-state index contributed by atoms with van der Waals surface area (Å²) in [6.07, 6.45) is 4.44. The standard InChI is InChI=1S/C49H59N3O8Si/c1-9-23-50-41-35-26-32-25-34-39(37(57-28-30-18-13-11-14-19-30)27-33(43(34)56-6)36-22-17-24-52(36)10-2)42(53)38(32)45(54)49(35,60-61(7,8)48(3,4)5)46(55)40-44(41)59-51-47(40)58-29-31-20-15-12-16-21-31/h9,11-16,18-21,27,32,35-36,41,50,53H,1,10,17,22-26,28-29H2,2-8H3/t32-,35-,36-,41-,49-/m0/s1. The van der Waals surface area contributed by atoms with Crippen LogP contribution in [0.2, 0.25) is 18.1 Å². The lowest BCUT2D eigenvalue weighted by Crippen LogP contribution is -2.68. The van der Waals surface area contributed by atoms with Crippen LogP contribution < -0.4 is 19.5 Å². The average molecular weight is 846 g/mol. The number of nitrogens with zero attached hydrogens (tertiary/aromatic N) is 2. The van der Waals surface area contributed by atoms with Crippen molar-refractivity contribution in [1.29, 1.82) is 0 Å². The Balaban J connectivity index is 1.32. The zero-order valence-corrected chi connectivity index (χ0v) is 37.5. The number of aliphatic hydroxyl groups is 1. The Labute approximate surface area is 360 Å². The Morgan fingerprint density at radius 3 is 2.31 bits per heavy atom. The Morgan fingerprint density at radius 1 is 1.02 bits per heavy atom. The van der Waals surface area contributed by atoms with E-state index in [1.54, 1.807) is 13.2 Å². The minimum atomic E-state index is -2.94. The minimum Gasteiger partial charge on any atom is -0.507 e. The molecule has 2 heterocycles. The first-order valence-corrected chi connectivity index (χ1v) is 24.5. The van der Waals surface area contributed by atoms with E-state index in [4.69, 9.17) is 23.2 Å². The van der Waals surface area contributed by atoms with Crippen molar-refractivity contribution in [2.75, 3.05) is 26.7 Å². The number of Topliss-reactive ketones (excluding diaryl/α,β-unsaturated/α-hetero) is 2. The molecule has 12 heteroatoms. The van der Waals surface area contributed by atoms with Gasteiger partial charge in [0, 0.05) is 35.2 Å². The number of methoxy groups -OCH3 is 1. The maximum atomic E-state index is 16.0. The third-order valence-electron chi connectivity index (χ3n) is 13.8. The van der Waals surface area contributed by atoms with Gasteiger partial charge in [0.25, 0.3) is 5.88 Å². The van der Waals surface area contributed by atoms with Gasteiger partial charge in [0.15, 0.2) is 19.7 Å². The second-order valence-corrected chi connectivity index (χ2v) is 23.1.